The number of halogens is 1. The van der Waals surface area contributed by atoms with Crippen molar-refractivity contribution in [3.05, 3.63) is 114 Å². The Balaban J connectivity index is 1.21. The van der Waals surface area contributed by atoms with Crippen LogP contribution >= 0.6 is 11.3 Å². The van der Waals surface area contributed by atoms with E-state index in [0.29, 0.717) is 5.69 Å². The van der Waals surface area contributed by atoms with Gasteiger partial charge in [0.1, 0.15) is 11.2 Å². The van der Waals surface area contributed by atoms with Crippen molar-refractivity contribution in [3.63, 3.8) is 0 Å². The fraction of sp³-hybridized carbons (Fsp3) is 0.0323. The fourth-order valence-corrected chi connectivity index (χ4v) is 5.58. The molecule has 0 aliphatic rings. The largest absolute Gasteiger partial charge is 0.358 e. The summed E-state index contributed by atoms with van der Waals surface area (Å²) in [5.74, 6) is 0. The molecule has 0 bridgehead atoms. The molecular formula is C31H22FN7S. The summed E-state index contributed by atoms with van der Waals surface area (Å²) in [5.41, 5.74) is 9.28. The first-order chi connectivity index (χ1) is 19.6. The third-order valence-electron chi connectivity index (χ3n) is 6.66. The molecule has 0 amide bonds. The predicted octanol–water partition coefficient (Wildman–Crippen LogP) is 7.60. The van der Waals surface area contributed by atoms with E-state index in [9.17, 15) is 4.39 Å². The van der Waals surface area contributed by atoms with Gasteiger partial charge in [-0.25, -0.2) is 4.98 Å². The average molecular weight is 544 g/mol. The van der Waals surface area contributed by atoms with Crippen LogP contribution in [-0.4, -0.2) is 30.1 Å². The number of pyridine rings is 3. The van der Waals surface area contributed by atoms with Crippen LogP contribution in [0.5, 0.6) is 0 Å². The Morgan fingerprint density at radius 3 is 2.65 bits per heavy atom. The van der Waals surface area contributed by atoms with Crippen molar-refractivity contribution in [2.75, 3.05) is 5.32 Å². The highest BCUT2D eigenvalue weighted by Gasteiger charge is 2.16. The minimum absolute atomic E-state index is 0.230. The third kappa shape index (κ3) is 4.52. The maximum Gasteiger partial charge on any atom is 0.176 e. The van der Waals surface area contributed by atoms with Crippen LogP contribution in [0.2, 0.25) is 0 Å². The Kier molecular flexibility index (Phi) is 5.90. The van der Waals surface area contributed by atoms with Gasteiger partial charge in [-0.1, -0.05) is 36.9 Å². The Hall–Kier alpha value is -5.15. The van der Waals surface area contributed by atoms with Gasteiger partial charge in [0.15, 0.2) is 5.13 Å². The summed E-state index contributed by atoms with van der Waals surface area (Å²) in [7, 11) is 0. The number of rotatable bonds is 7. The molecule has 0 saturated heterocycles. The maximum atomic E-state index is 13.7. The summed E-state index contributed by atoms with van der Waals surface area (Å²) >= 11 is 1.10. The first kappa shape index (κ1) is 23.9. The zero-order valence-electron chi connectivity index (χ0n) is 21.1. The van der Waals surface area contributed by atoms with Crippen LogP contribution in [0, 0.1) is 5.13 Å². The van der Waals surface area contributed by atoms with Crippen molar-refractivity contribution in [2.45, 2.75) is 6.42 Å². The molecule has 40 heavy (non-hydrogen) atoms. The zero-order chi connectivity index (χ0) is 27.1. The molecule has 0 atom stereocenters. The second-order valence-electron chi connectivity index (χ2n) is 9.45. The van der Waals surface area contributed by atoms with Crippen LogP contribution in [0.4, 0.5) is 10.1 Å². The quantitative estimate of drug-likeness (QED) is 0.192. The van der Waals surface area contributed by atoms with Crippen LogP contribution in [-0.2, 0) is 6.42 Å². The summed E-state index contributed by atoms with van der Waals surface area (Å²) in [6.45, 7) is 4.18. The standard InChI is InChI=1S/C31H22FN7S/c1-18(11-19-5-3-2-4-6-19)35-21-12-20(14-33-15-21)24-7-8-25-30(37-24)31(39-38-25)26-13-22-23(16-34-17-27(22)36-26)28-9-10-29(32)40-28/h2-10,12-17,35-36H,1,11H2,(H,38,39). The fourth-order valence-electron chi connectivity index (χ4n) is 4.82. The number of aromatic amines is 2. The lowest BCUT2D eigenvalue weighted by Crippen LogP contribution is -2.02. The first-order valence-electron chi connectivity index (χ1n) is 12.6. The number of thiophene rings is 1. The molecule has 0 aliphatic carbocycles. The van der Waals surface area contributed by atoms with Crippen LogP contribution in [0.3, 0.4) is 0 Å². The molecule has 0 unspecified atom stereocenters. The molecule has 0 spiro atoms. The lowest BCUT2D eigenvalue weighted by Gasteiger charge is -2.11. The molecule has 7 nitrogen and oxygen atoms in total. The highest BCUT2D eigenvalue weighted by Crippen LogP contribution is 2.36. The topological polar surface area (TPSA) is 95.2 Å². The smallest absolute Gasteiger partial charge is 0.176 e. The van der Waals surface area contributed by atoms with E-state index >= 15 is 0 Å². The van der Waals surface area contributed by atoms with Gasteiger partial charge in [0.2, 0.25) is 0 Å². The van der Waals surface area contributed by atoms with Gasteiger partial charge in [-0.2, -0.15) is 9.49 Å². The average Bonchev–Trinajstić information content (AvgIpc) is 3.71. The summed E-state index contributed by atoms with van der Waals surface area (Å²) in [4.78, 5) is 18.0. The number of hydrogen-bond acceptors (Lipinski definition) is 6. The van der Waals surface area contributed by atoms with Crippen molar-refractivity contribution in [1.29, 1.82) is 0 Å². The van der Waals surface area contributed by atoms with Gasteiger partial charge < -0.3 is 10.3 Å². The SMILES string of the molecule is C=C(Cc1ccccc1)Nc1cncc(-c2ccc3[nH]nc(-c4cc5c(-c6ccc(F)s6)cncc5[nH]4)c3n2)c1. The van der Waals surface area contributed by atoms with Gasteiger partial charge in [-0.05, 0) is 42.0 Å². The number of allylic oxidation sites excluding steroid dienone is 1. The number of anilines is 1. The van der Waals surface area contributed by atoms with E-state index in [0.717, 1.165) is 78.5 Å². The van der Waals surface area contributed by atoms with E-state index in [1.807, 2.05) is 42.5 Å². The number of fused-ring (bicyclic) bond motifs is 2. The number of nitrogens with zero attached hydrogens (tertiary/aromatic N) is 4. The minimum Gasteiger partial charge on any atom is -0.358 e. The van der Waals surface area contributed by atoms with Gasteiger partial charge >= 0.3 is 0 Å². The van der Waals surface area contributed by atoms with Crippen molar-refractivity contribution in [3.8, 4) is 33.1 Å². The van der Waals surface area contributed by atoms with Gasteiger partial charge in [0.25, 0.3) is 0 Å². The summed E-state index contributed by atoms with van der Waals surface area (Å²) in [6.07, 6.45) is 7.80. The number of H-pyrrole nitrogens is 2. The lowest BCUT2D eigenvalue weighted by atomic mass is 10.1. The number of aromatic nitrogens is 6. The van der Waals surface area contributed by atoms with Crippen LogP contribution in [0.15, 0.2) is 104 Å². The third-order valence-corrected chi connectivity index (χ3v) is 7.57. The number of benzene rings is 1. The Bertz CT molecular complexity index is 2010. The summed E-state index contributed by atoms with van der Waals surface area (Å²) in [5, 5.41) is 11.7. The molecule has 0 saturated carbocycles. The molecule has 7 aromatic rings. The van der Waals surface area contributed by atoms with E-state index < -0.39 is 0 Å². The van der Waals surface area contributed by atoms with Gasteiger partial charge in [-0.3, -0.25) is 15.1 Å². The Morgan fingerprint density at radius 1 is 0.925 bits per heavy atom. The van der Waals surface area contributed by atoms with Gasteiger partial charge in [0, 0.05) is 45.9 Å². The predicted molar refractivity (Wildman–Crippen MR) is 158 cm³/mol. The molecule has 0 radical (unpaired) electrons. The molecule has 0 aliphatic heterocycles. The molecule has 1 aromatic carbocycles. The van der Waals surface area contributed by atoms with E-state index in [1.165, 1.54) is 11.6 Å². The molecule has 9 heteroatoms. The van der Waals surface area contributed by atoms with Gasteiger partial charge in [-0.15, -0.1) is 11.3 Å². The van der Waals surface area contributed by atoms with Crippen molar-refractivity contribution in [1.82, 2.24) is 30.1 Å². The Labute approximate surface area is 232 Å². The molecular weight excluding hydrogens is 521 g/mol. The lowest BCUT2D eigenvalue weighted by molar-refractivity contribution is 0.657. The van der Waals surface area contributed by atoms with Crippen LogP contribution < -0.4 is 5.32 Å². The van der Waals surface area contributed by atoms with Crippen molar-refractivity contribution >= 4 is 39.0 Å². The van der Waals surface area contributed by atoms with Crippen LogP contribution in [0.1, 0.15) is 5.56 Å². The van der Waals surface area contributed by atoms with Crippen molar-refractivity contribution < 1.29 is 4.39 Å². The first-order valence-corrected chi connectivity index (χ1v) is 13.4. The molecule has 6 aromatic heterocycles. The zero-order valence-corrected chi connectivity index (χ0v) is 22.0. The van der Waals surface area contributed by atoms with Crippen molar-refractivity contribution in [2.24, 2.45) is 0 Å². The molecule has 7 rings (SSSR count). The second kappa shape index (κ2) is 9.87. The highest BCUT2D eigenvalue weighted by molar-refractivity contribution is 7.14. The number of hydrogen-bond donors (Lipinski definition) is 3. The normalized spacial score (nSPS) is 11.3. The second-order valence-corrected chi connectivity index (χ2v) is 10.5. The van der Waals surface area contributed by atoms with Gasteiger partial charge in [0.05, 0.1) is 40.5 Å². The highest BCUT2D eigenvalue weighted by atomic mass is 32.1. The molecule has 0 fully saturated rings. The number of nitrogens with one attached hydrogen (secondary N) is 3. The van der Waals surface area contributed by atoms with E-state index in [4.69, 9.17) is 4.98 Å². The summed E-state index contributed by atoms with van der Waals surface area (Å²) in [6, 6.07) is 21.4. The molecule has 3 N–H and O–H groups in total. The maximum absolute atomic E-state index is 13.7. The molecule has 6 heterocycles. The summed E-state index contributed by atoms with van der Waals surface area (Å²) < 4.78 is 13.7. The Morgan fingerprint density at radius 2 is 1.80 bits per heavy atom. The van der Waals surface area contributed by atoms with E-state index in [-0.39, 0.29) is 5.13 Å². The van der Waals surface area contributed by atoms with Crippen LogP contribution in [0.25, 0.3) is 55.0 Å². The monoisotopic (exact) mass is 543 g/mol. The van der Waals surface area contributed by atoms with E-state index in [1.54, 1.807) is 30.9 Å². The minimum atomic E-state index is -0.230. The van der Waals surface area contributed by atoms with E-state index in [2.05, 4.69) is 49.2 Å². The molecule has 194 valence electrons.